The van der Waals surface area contributed by atoms with Crippen LogP contribution in [0.4, 0.5) is 0 Å². The predicted molar refractivity (Wildman–Crippen MR) is 22.3 cm³/mol. The molecule has 0 amide bonds. The Morgan fingerprint density at radius 1 is 1.33 bits per heavy atom. The zero-order valence-electron chi connectivity index (χ0n) is 3.91. The molecule has 0 unspecified atom stereocenters. The van der Waals surface area contributed by atoms with Crippen molar-refractivity contribution in [2.75, 3.05) is 0 Å². The summed E-state index contributed by atoms with van der Waals surface area (Å²) in [6.45, 7) is 2.22. The van der Waals surface area contributed by atoms with E-state index in [2.05, 4.69) is 6.92 Å². The average molecular weight is 258 g/mol. The molecule has 39 valence electrons. The van der Waals surface area contributed by atoms with Crippen LogP contribution in [-0.2, 0) is 24.4 Å². The van der Waals surface area contributed by atoms with Crippen molar-refractivity contribution in [2.24, 2.45) is 0 Å². The predicted octanol–water partition coefficient (Wildman–Crippen LogP) is -0.288. The van der Waals surface area contributed by atoms with Gasteiger partial charge in [0.2, 0.25) is 0 Å². The molecule has 0 saturated heterocycles. The van der Waals surface area contributed by atoms with E-state index in [1.54, 1.807) is 0 Å². The molecule has 0 spiro atoms. The molecule has 0 heterocycles. The van der Waals surface area contributed by atoms with Gasteiger partial charge in [0.25, 0.3) is 0 Å². The van der Waals surface area contributed by atoms with Gasteiger partial charge in [0.15, 0.2) is 0 Å². The summed E-state index contributed by atoms with van der Waals surface area (Å²) in [5.41, 5.74) is 0. The number of rotatable bonds is 1. The van der Waals surface area contributed by atoms with Crippen molar-refractivity contribution in [3.8, 4) is 0 Å². The van der Waals surface area contributed by atoms with Gasteiger partial charge in [-0.05, 0) is 0 Å². The van der Waals surface area contributed by atoms with Gasteiger partial charge in [-0.25, -0.2) is 0 Å². The van der Waals surface area contributed by atoms with Gasteiger partial charge in [-0.1, -0.05) is 0 Å². The van der Waals surface area contributed by atoms with E-state index in [1.165, 1.54) is 35.0 Å². The first kappa shape index (κ1) is 15.8. The minimum atomic E-state index is 0. The second kappa shape index (κ2) is 17.1. The molecule has 0 aliphatic carbocycles. The molecule has 4 N–H and O–H groups in total. The second-order valence-corrected chi connectivity index (χ2v) is 2.55. The summed E-state index contributed by atoms with van der Waals surface area (Å²) >= 11 is 1.39. The van der Waals surface area contributed by atoms with Gasteiger partial charge >= 0.3 is 41.9 Å². The molecule has 0 atom stereocenters. The van der Waals surface area contributed by atoms with Gasteiger partial charge in [-0.2, -0.15) is 0 Å². The Morgan fingerprint density at radius 2 is 1.50 bits per heavy atom. The van der Waals surface area contributed by atoms with E-state index in [9.17, 15) is 0 Å². The fraction of sp³-hybridized carbons (Fsp3) is 1.00. The van der Waals surface area contributed by atoms with Crippen molar-refractivity contribution in [1.82, 2.24) is 0 Å². The van der Waals surface area contributed by atoms with Crippen LogP contribution in [0.1, 0.15) is 13.3 Å². The van der Waals surface area contributed by atoms with E-state index < -0.39 is 0 Å². The molecule has 0 radical (unpaired) electrons. The third-order valence-electron chi connectivity index (χ3n) is 0.250. The minimum absolute atomic E-state index is 0. The molecule has 0 saturated carbocycles. The monoisotopic (exact) mass is 259 g/mol. The van der Waals surface area contributed by atoms with Gasteiger partial charge in [-0.3, -0.25) is 0 Å². The summed E-state index contributed by atoms with van der Waals surface area (Å²) in [5.74, 6) is 0. The Kier molecular flexibility index (Phi) is 45.1. The Bertz CT molecular complexity index is 10.8. The van der Waals surface area contributed by atoms with E-state index in [0.717, 1.165) is 0 Å². The van der Waals surface area contributed by atoms with Crippen LogP contribution >= 0.6 is 0 Å². The Hall–Kier alpha value is 0.790. The summed E-state index contributed by atoms with van der Waals surface area (Å²) in [5, 5.41) is 0. The molecule has 0 aromatic carbocycles. The zero-order valence-corrected chi connectivity index (χ0v) is 7.51. The van der Waals surface area contributed by atoms with Crippen molar-refractivity contribution < 1.29 is 35.3 Å². The summed E-state index contributed by atoms with van der Waals surface area (Å²) in [6, 6.07) is 0. The molecular weight excluding hydrogens is 247 g/mol. The van der Waals surface area contributed by atoms with Gasteiger partial charge in [0.05, 0.1) is 0 Å². The molecule has 0 aromatic rings. The first-order chi connectivity index (χ1) is 1.91. The van der Waals surface area contributed by atoms with E-state index >= 15 is 0 Å². The quantitative estimate of drug-likeness (QED) is 0.580. The fourth-order valence-corrected chi connectivity index (χ4v) is 0. The fourth-order valence-electron chi connectivity index (χ4n) is 0. The molecule has 3 heteroatoms. The van der Waals surface area contributed by atoms with Crippen LogP contribution in [0.25, 0.3) is 0 Å². The van der Waals surface area contributed by atoms with Crippen LogP contribution in [0.3, 0.4) is 0 Å². The third-order valence-corrected chi connectivity index (χ3v) is 2.05. The maximum atomic E-state index is 2.22. The summed E-state index contributed by atoms with van der Waals surface area (Å²) in [4.78, 5) is 0. The molecule has 0 aromatic heterocycles. The van der Waals surface area contributed by atoms with Crippen LogP contribution in [0, 0.1) is 0 Å². The average Bonchev–Trinajstić information content (AvgIpc) is 1.37. The molecule has 0 fully saturated rings. The van der Waals surface area contributed by atoms with Gasteiger partial charge in [-0.15, -0.1) is 0 Å². The molecule has 0 rings (SSSR count). The Morgan fingerprint density at radius 3 is 1.50 bits per heavy atom. The number of hydrogen-bond acceptors (Lipinski definition) is 0. The SMILES string of the molecule is CC[CH2][Hf].O.O. The Balaban J connectivity index is -0.0000000450. The van der Waals surface area contributed by atoms with Crippen LogP contribution in [0.5, 0.6) is 0 Å². The van der Waals surface area contributed by atoms with E-state index in [4.69, 9.17) is 0 Å². The van der Waals surface area contributed by atoms with Crippen molar-refractivity contribution in [3.63, 3.8) is 0 Å². The first-order valence-corrected chi connectivity index (χ1v) is 4.10. The van der Waals surface area contributed by atoms with Crippen molar-refractivity contribution >= 4 is 0 Å². The summed E-state index contributed by atoms with van der Waals surface area (Å²) < 4.78 is 1.46. The molecule has 2 nitrogen and oxygen atoms in total. The second-order valence-electron chi connectivity index (χ2n) is 0.750. The van der Waals surface area contributed by atoms with Crippen molar-refractivity contribution in [1.29, 1.82) is 0 Å². The summed E-state index contributed by atoms with van der Waals surface area (Å²) in [6.07, 6.45) is 1.38. The van der Waals surface area contributed by atoms with Crippen LogP contribution in [-0.4, -0.2) is 11.0 Å². The summed E-state index contributed by atoms with van der Waals surface area (Å²) in [7, 11) is 0. The molecule has 0 aliphatic heterocycles. The Labute approximate surface area is 53.1 Å². The maximum Gasteiger partial charge on any atom is -0.412 e. The number of hydrogen-bond donors (Lipinski definition) is 0. The largest absolute Gasteiger partial charge is 0.412 e. The standard InChI is InChI=1S/C3H7.Hf.2H2O/c1-3-2;;;/h1,3H2,2H3;;2*1H2. The molecule has 0 bridgehead atoms. The van der Waals surface area contributed by atoms with Crippen molar-refractivity contribution in [3.05, 3.63) is 0 Å². The third kappa shape index (κ3) is 21.5. The molecular formula is C3H11HfO2. The molecule has 6 heavy (non-hydrogen) atoms. The van der Waals surface area contributed by atoms with Crippen LogP contribution < -0.4 is 0 Å². The smallest absolute Gasteiger partial charge is 0.412 e. The van der Waals surface area contributed by atoms with Gasteiger partial charge in [0.1, 0.15) is 0 Å². The topological polar surface area (TPSA) is 63.0 Å². The first-order valence-electron chi connectivity index (χ1n) is 1.56. The van der Waals surface area contributed by atoms with Crippen LogP contribution in [0.15, 0.2) is 0 Å². The van der Waals surface area contributed by atoms with Gasteiger partial charge in [0, 0.05) is 0 Å². The maximum absolute atomic E-state index is 2.22. The van der Waals surface area contributed by atoms with E-state index in [-0.39, 0.29) is 11.0 Å². The van der Waals surface area contributed by atoms with Gasteiger partial charge < -0.3 is 11.0 Å². The van der Waals surface area contributed by atoms with E-state index in [1.807, 2.05) is 0 Å². The van der Waals surface area contributed by atoms with Crippen molar-refractivity contribution in [2.45, 2.75) is 17.5 Å². The van der Waals surface area contributed by atoms with E-state index in [0.29, 0.717) is 0 Å². The van der Waals surface area contributed by atoms with Crippen LogP contribution in [0.2, 0.25) is 4.18 Å². The zero-order chi connectivity index (χ0) is 3.41. The normalized spacial score (nSPS) is 4.67. The molecule has 0 aliphatic rings. The minimum Gasteiger partial charge on any atom is -0.412 e.